The molecule has 1 nitrogen and oxygen atoms in total. The lowest BCUT2D eigenvalue weighted by atomic mass is 10.2. The molecule has 0 amide bonds. The van der Waals surface area contributed by atoms with E-state index in [1.807, 2.05) is 13.0 Å². The monoisotopic (exact) mass is 128 g/mol. The molecule has 1 heteroatoms. The van der Waals surface area contributed by atoms with E-state index in [1.165, 1.54) is 12.8 Å². The Morgan fingerprint density at radius 3 is 2.56 bits per heavy atom. The van der Waals surface area contributed by atoms with Gasteiger partial charge in [0.25, 0.3) is 0 Å². The van der Waals surface area contributed by atoms with Crippen LogP contribution in [0, 0.1) is 0 Å². The lowest BCUT2D eigenvalue weighted by Gasteiger charge is -1.92. The smallest absolute Gasteiger partial charge is 0.0880 e. The molecule has 0 atom stereocenters. The van der Waals surface area contributed by atoms with Crippen LogP contribution in [0.4, 0.5) is 0 Å². The summed E-state index contributed by atoms with van der Waals surface area (Å²) < 4.78 is 0. The van der Waals surface area contributed by atoms with Gasteiger partial charge < -0.3 is 5.11 Å². The molecule has 0 bridgehead atoms. The van der Waals surface area contributed by atoms with Crippen LogP contribution in [-0.4, -0.2) is 5.11 Å². The van der Waals surface area contributed by atoms with Crippen LogP contribution >= 0.6 is 0 Å². The Bertz CT molecular complexity index is 84.6. The number of hydrogen-bond donors (Lipinski definition) is 1. The third kappa shape index (κ3) is 5.41. The quantitative estimate of drug-likeness (QED) is 0.455. The Balaban J connectivity index is 3.21. The molecular formula is C8H16O. The van der Waals surface area contributed by atoms with Crippen molar-refractivity contribution in [1.82, 2.24) is 0 Å². The van der Waals surface area contributed by atoms with Crippen molar-refractivity contribution >= 4 is 0 Å². The molecule has 0 rings (SSSR count). The highest BCUT2D eigenvalue weighted by Gasteiger charge is 1.84. The van der Waals surface area contributed by atoms with Gasteiger partial charge in [-0.15, -0.1) is 0 Å². The van der Waals surface area contributed by atoms with E-state index in [9.17, 15) is 0 Å². The van der Waals surface area contributed by atoms with Crippen LogP contribution in [0.3, 0.4) is 0 Å². The first-order chi connectivity index (χ1) is 4.31. The van der Waals surface area contributed by atoms with Crippen molar-refractivity contribution in [3.63, 3.8) is 0 Å². The Labute approximate surface area is 57.4 Å². The van der Waals surface area contributed by atoms with Gasteiger partial charge in [-0.2, -0.15) is 0 Å². The highest BCUT2D eigenvalue weighted by Crippen LogP contribution is 2.00. The summed E-state index contributed by atoms with van der Waals surface area (Å²) in [5, 5.41) is 8.95. The molecule has 54 valence electrons. The fourth-order valence-corrected chi connectivity index (χ4v) is 0.617. The van der Waals surface area contributed by atoms with E-state index >= 15 is 0 Å². The molecule has 0 aliphatic rings. The van der Waals surface area contributed by atoms with Crippen molar-refractivity contribution in [2.24, 2.45) is 0 Å². The maximum atomic E-state index is 8.95. The molecule has 0 aromatic heterocycles. The summed E-state index contributed by atoms with van der Waals surface area (Å²) in [5.41, 5.74) is 0. The van der Waals surface area contributed by atoms with Gasteiger partial charge in [0.2, 0.25) is 0 Å². The normalized spacial score (nSPS) is 12.0. The summed E-state index contributed by atoms with van der Waals surface area (Å²) in [5.74, 6) is 0.531. The lowest BCUT2D eigenvalue weighted by molar-refractivity contribution is 0.391. The van der Waals surface area contributed by atoms with Crippen LogP contribution in [-0.2, 0) is 0 Å². The molecule has 0 radical (unpaired) electrons. The van der Waals surface area contributed by atoms with Crippen molar-refractivity contribution in [2.45, 2.75) is 39.5 Å². The van der Waals surface area contributed by atoms with Crippen molar-refractivity contribution in [3.8, 4) is 0 Å². The fraction of sp³-hybridized carbons (Fsp3) is 0.750. The van der Waals surface area contributed by atoms with Crippen LogP contribution in [0.25, 0.3) is 0 Å². The minimum Gasteiger partial charge on any atom is -0.513 e. The molecular weight excluding hydrogens is 112 g/mol. The number of unbranched alkanes of at least 4 members (excludes halogenated alkanes) is 2. The topological polar surface area (TPSA) is 20.2 Å². The number of hydrogen-bond acceptors (Lipinski definition) is 1. The van der Waals surface area contributed by atoms with Gasteiger partial charge in [0, 0.05) is 6.42 Å². The molecule has 0 saturated carbocycles. The van der Waals surface area contributed by atoms with Gasteiger partial charge in [0.1, 0.15) is 0 Å². The molecule has 0 fully saturated rings. The fourth-order valence-electron chi connectivity index (χ4n) is 0.617. The predicted octanol–water partition coefficient (Wildman–Crippen LogP) is 3.03. The van der Waals surface area contributed by atoms with Crippen molar-refractivity contribution in [3.05, 3.63) is 11.8 Å². The minimum absolute atomic E-state index is 0.531. The summed E-state index contributed by atoms with van der Waals surface area (Å²) >= 11 is 0. The molecule has 9 heavy (non-hydrogen) atoms. The highest BCUT2D eigenvalue weighted by molar-refractivity contribution is 4.88. The zero-order valence-corrected chi connectivity index (χ0v) is 6.35. The van der Waals surface area contributed by atoms with Gasteiger partial charge in [-0.3, -0.25) is 0 Å². The number of allylic oxidation sites excluding steroid dienone is 2. The summed E-state index contributed by atoms with van der Waals surface area (Å²) in [6.07, 6.45) is 6.08. The molecule has 0 aliphatic heterocycles. The average molecular weight is 128 g/mol. The van der Waals surface area contributed by atoms with E-state index in [4.69, 9.17) is 5.11 Å². The number of aliphatic hydroxyl groups excluding tert-OH is 1. The second-order valence-electron chi connectivity index (χ2n) is 2.19. The van der Waals surface area contributed by atoms with Gasteiger partial charge in [0.05, 0.1) is 5.76 Å². The predicted molar refractivity (Wildman–Crippen MR) is 40.5 cm³/mol. The van der Waals surface area contributed by atoms with Gasteiger partial charge in [-0.1, -0.05) is 20.3 Å². The van der Waals surface area contributed by atoms with Crippen molar-refractivity contribution in [1.29, 1.82) is 0 Å². The standard InChI is InChI=1S/C8H16O/c1-3-5-6-7-8(9)4-2/h7,9H,3-6H2,1-2H3/b8-7+. The third-order valence-electron chi connectivity index (χ3n) is 1.30. The SMILES string of the molecule is CCCC/C=C(/O)CC. The van der Waals surface area contributed by atoms with E-state index in [0.717, 1.165) is 12.8 Å². The number of rotatable bonds is 4. The zero-order chi connectivity index (χ0) is 7.11. The zero-order valence-electron chi connectivity index (χ0n) is 6.35. The first-order valence-electron chi connectivity index (χ1n) is 3.69. The molecule has 0 unspecified atom stereocenters. The first kappa shape index (κ1) is 8.54. The van der Waals surface area contributed by atoms with Gasteiger partial charge in [-0.05, 0) is 18.9 Å². The van der Waals surface area contributed by atoms with E-state index in [-0.39, 0.29) is 0 Å². The second-order valence-corrected chi connectivity index (χ2v) is 2.19. The first-order valence-corrected chi connectivity index (χ1v) is 3.69. The molecule has 0 heterocycles. The molecule has 0 saturated heterocycles. The van der Waals surface area contributed by atoms with Crippen LogP contribution < -0.4 is 0 Å². The summed E-state index contributed by atoms with van der Waals surface area (Å²) in [6, 6.07) is 0. The molecule has 0 aromatic rings. The van der Waals surface area contributed by atoms with Crippen molar-refractivity contribution < 1.29 is 5.11 Å². The maximum absolute atomic E-state index is 8.95. The Hall–Kier alpha value is -0.460. The third-order valence-corrected chi connectivity index (χ3v) is 1.30. The van der Waals surface area contributed by atoms with Gasteiger partial charge in [-0.25, -0.2) is 0 Å². The second kappa shape index (κ2) is 5.67. The lowest BCUT2D eigenvalue weighted by Crippen LogP contribution is -1.76. The summed E-state index contributed by atoms with van der Waals surface area (Å²) in [6.45, 7) is 4.11. The maximum Gasteiger partial charge on any atom is 0.0880 e. The minimum atomic E-state index is 0.531. The Kier molecular flexibility index (Phi) is 5.38. The van der Waals surface area contributed by atoms with Crippen molar-refractivity contribution in [2.75, 3.05) is 0 Å². The van der Waals surface area contributed by atoms with E-state index in [0.29, 0.717) is 5.76 Å². The van der Waals surface area contributed by atoms with Crippen LogP contribution in [0.5, 0.6) is 0 Å². The van der Waals surface area contributed by atoms with Crippen LogP contribution in [0.2, 0.25) is 0 Å². The molecule has 0 aromatic carbocycles. The average Bonchev–Trinajstić information content (AvgIpc) is 1.89. The highest BCUT2D eigenvalue weighted by atomic mass is 16.3. The van der Waals surface area contributed by atoms with E-state index in [2.05, 4.69) is 6.92 Å². The molecule has 0 spiro atoms. The van der Waals surface area contributed by atoms with E-state index < -0.39 is 0 Å². The van der Waals surface area contributed by atoms with Crippen LogP contribution in [0.1, 0.15) is 39.5 Å². The molecule has 1 N–H and O–H groups in total. The van der Waals surface area contributed by atoms with E-state index in [1.54, 1.807) is 0 Å². The summed E-state index contributed by atoms with van der Waals surface area (Å²) in [4.78, 5) is 0. The number of aliphatic hydroxyl groups is 1. The van der Waals surface area contributed by atoms with Gasteiger partial charge >= 0.3 is 0 Å². The molecule has 0 aliphatic carbocycles. The summed E-state index contributed by atoms with van der Waals surface area (Å²) in [7, 11) is 0. The Morgan fingerprint density at radius 2 is 2.11 bits per heavy atom. The van der Waals surface area contributed by atoms with Gasteiger partial charge in [0.15, 0.2) is 0 Å². The largest absolute Gasteiger partial charge is 0.513 e. The Morgan fingerprint density at radius 1 is 1.44 bits per heavy atom. The van der Waals surface area contributed by atoms with Crippen LogP contribution in [0.15, 0.2) is 11.8 Å².